The van der Waals surface area contributed by atoms with Crippen molar-refractivity contribution in [1.82, 2.24) is 5.32 Å². The first-order valence-electron chi connectivity index (χ1n) is 7.98. The van der Waals surface area contributed by atoms with Gasteiger partial charge in [-0.1, -0.05) is 30.7 Å². The number of rotatable bonds is 7. The molecule has 24 heavy (non-hydrogen) atoms. The quantitative estimate of drug-likeness (QED) is 0.785. The number of ether oxygens (including phenoxy) is 2. The minimum atomic E-state index is -0.947. The van der Waals surface area contributed by atoms with E-state index in [1.807, 2.05) is 6.92 Å². The molecule has 1 aromatic carbocycles. The van der Waals surface area contributed by atoms with E-state index in [9.17, 15) is 14.7 Å². The molecule has 0 aromatic heterocycles. The van der Waals surface area contributed by atoms with Gasteiger partial charge in [0.1, 0.15) is 5.75 Å². The van der Waals surface area contributed by atoms with Crippen molar-refractivity contribution in [2.24, 2.45) is 0 Å². The molecule has 1 fully saturated rings. The summed E-state index contributed by atoms with van der Waals surface area (Å²) in [6, 6.07) is 6.93. The van der Waals surface area contributed by atoms with Gasteiger partial charge >= 0.3 is 5.97 Å². The van der Waals surface area contributed by atoms with Crippen LogP contribution in [0.5, 0.6) is 5.75 Å². The first kappa shape index (κ1) is 18.5. The highest BCUT2D eigenvalue weighted by molar-refractivity contribution is 6.32. The van der Waals surface area contributed by atoms with Crippen molar-refractivity contribution in [3.63, 3.8) is 0 Å². The molecule has 1 saturated heterocycles. The maximum absolute atomic E-state index is 12.6. The zero-order valence-corrected chi connectivity index (χ0v) is 14.3. The highest BCUT2D eigenvalue weighted by atomic mass is 35.5. The summed E-state index contributed by atoms with van der Waals surface area (Å²) in [6.45, 7) is 2.68. The molecule has 6 nitrogen and oxygen atoms in total. The third kappa shape index (κ3) is 4.85. The number of amides is 1. The lowest BCUT2D eigenvalue weighted by molar-refractivity contribution is -0.141. The standard InChI is InChI=1S/C17H22ClNO5/c1-2-13(24-14-6-4-3-5-12(14)18)16(22)19-17(11-15(20)21)7-9-23-10-8-17/h3-6,13H,2,7-11H2,1H3,(H,19,22)(H,20,21). The van der Waals surface area contributed by atoms with Crippen molar-refractivity contribution in [2.45, 2.75) is 44.2 Å². The number of aliphatic carboxylic acids is 1. The number of carbonyl (C=O) groups is 2. The molecule has 1 aliphatic rings. The zero-order valence-electron chi connectivity index (χ0n) is 13.6. The van der Waals surface area contributed by atoms with Gasteiger partial charge in [0.15, 0.2) is 6.10 Å². The number of para-hydroxylation sites is 1. The topological polar surface area (TPSA) is 84.9 Å². The van der Waals surface area contributed by atoms with Crippen molar-refractivity contribution in [1.29, 1.82) is 0 Å². The predicted molar refractivity (Wildman–Crippen MR) is 89.3 cm³/mol. The molecule has 132 valence electrons. The van der Waals surface area contributed by atoms with Gasteiger partial charge in [0.2, 0.25) is 0 Å². The predicted octanol–water partition coefficient (Wildman–Crippen LogP) is 2.64. The Kier molecular flexibility index (Phi) is 6.45. The molecule has 0 bridgehead atoms. The van der Waals surface area contributed by atoms with Crippen LogP contribution in [0.25, 0.3) is 0 Å². The Bertz CT molecular complexity index is 586. The van der Waals surface area contributed by atoms with Gasteiger partial charge in [-0.25, -0.2) is 0 Å². The summed E-state index contributed by atoms with van der Waals surface area (Å²) in [5, 5.41) is 12.5. The number of hydrogen-bond donors (Lipinski definition) is 2. The molecule has 1 aromatic rings. The Morgan fingerprint density at radius 1 is 1.38 bits per heavy atom. The third-order valence-electron chi connectivity index (χ3n) is 4.10. The van der Waals surface area contributed by atoms with Gasteiger partial charge in [-0.2, -0.15) is 0 Å². The summed E-state index contributed by atoms with van der Waals surface area (Å²) in [6.07, 6.45) is 0.501. The molecule has 2 N–H and O–H groups in total. The van der Waals surface area contributed by atoms with Crippen LogP contribution in [0.15, 0.2) is 24.3 Å². The van der Waals surface area contributed by atoms with Crippen LogP contribution in [0.4, 0.5) is 0 Å². The number of carboxylic acids is 1. The number of nitrogens with one attached hydrogen (secondary N) is 1. The van der Waals surface area contributed by atoms with Crippen molar-refractivity contribution < 1.29 is 24.2 Å². The lowest BCUT2D eigenvalue weighted by atomic mass is 9.86. The van der Waals surface area contributed by atoms with Gasteiger partial charge in [-0.15, -0.1) is 0 Å². The van der Waals surface area contributed by atoms with E-state index in [-0.39, 0.29) is 12.3 Å². The molecule has 1 unspecified atom stereocenters. The lowest BCUT2D eigenvalue weighted by Crippen LogP contribution is -2.56. The molecule has 2 rings (SSSR count). The highest BCUT2D eigenvalue weighted by Gasteiger charge is 2.38. The second-order valence-corrected chi connectivity index (χ2v) is 6.30. The normalized spacial score (nSPS) is 17.8. The zero-order chi connectivity index (χ0) is 17.6. The summed E-state index contributed by atoms with van der Waals surface area (Å²) in [4.78, 5) is 23.8. The Morgan fingerprint density at radius 3 is 2.62 bits per heavy atom. The number of hydrogen-bond acceptors (Lipinski definition) is 4. The van der Waals surface area contributed by atoms with Crippen LogP contribution in [-0.4, -0.2) is 41.8 Å². The summed E-state index contributed by atoms with van der Waals surface area (Å²) >= 11 is 6.07. The van der Waals surface area contributed by atoms with Crippen LogP contribution in [-0.2, 0) is 14.3 Å². The molecule has 0 saturated carbocycles. The van der Waals surface area contributed by atoms with Gasteiger partial charge in [0, 0.05) is 13.2 Å². The SMILES string of the molecule is CCC(Oc1ccccc1Cl)C(=O)NC1(CC(=O)O)CCOCC1. The van der Waals surface area contributed by atoms with E-state index in [1.165, 1.54) is 0 Å². The molecule has 0 radical (unpaired) electrons. The van der Waals surface area contributed by atoms with Crippen LogP contribution < -0.4 is 10.1 Å². The fourth-order valence-electron chi connectivity index (χ4n) is 2.76. The smallest absolute Gasteiger partial charge is 0.305 e. The second-order valence-electron chi connectivity index (χ2n) is 5.90. The Labute approximate surface area is 146 Å². The first-order chi connectivity index (χ1) is 11.5. The Morgan fingerprint density at radius 2 is 2.04 bits per heavy atom. The molecule has 0 aliphatic carbocycles. The number of benzene rings is 1. The molecule has 1 aliphatic heterocycles. The summed E-state index contributed by atoms with van der Waals surface area (Å²) in [7, 11) is 0. The van der Waals surface area contributed by atoms with E-state index in [4.69, 9.17) is 21.1 Å². The molecule has 1 atom stereocenters. The van der Waals surface area contributed by atoms with Crippen LogP contribution in [0, 0.1) is 0 Å². The van der Waals surface area contributed by atoms with Gasteiger partial charge in [0.05, 0.1) is 17.0 Å². The first-order valence-corrected chi connectivity index (χ1v) is 8.36. The Balaban J connectivity index is 2.09. The second kappa shape index (κ2) is 8.35. The summed E-state index contributed by atoms with van der Waals surface area (Å²) in [5.74, 6) is -0.849. The maximum Gasteiger partial charge on any atom is 0.305 e. The maximum atomic E-state index is 12.6. The van der Waals surface area contributed by atoms with Crippen LogP contribution >= 0.6 is 11.6 Å². The van der Waals surface area contributed by atoms with E-state index in [0.717, 1.165) is 0 Å². The fraction of sp³-hybridized carbons (Fsp3) is 0.529. The Hall–Kier alpha value is -1.79. The molecular weight excluding hydrogens is 334 g/mol. The average Bonchev–Trinajstić information content (AvgIpc) is 2.54. The van der Waals surface area contributed by atoms with Crippen molar-refractivity contribution in [3.05, 3.63) is 29.3 Å². The van der Waals surface area contributed by atoms with E-state index in [0.29, 0.717) is 43.2 Å². The van der Waals surface area contributed by atoms with Gasteiger partial charge in [-0.3, -0.25) is 9.59 Å². The van der Waals surface area contributed by atoms with Crippen molar-refractivity contribution in [3.8, 4) is 5.75 Å². The summed E-state index contributed by atoms with van der Waals surface area (Å²) in [5.41, 5.74) is -0.793. The van der Waals surface area contributed by atoms with Gasteiger partial charge < -0.3 is 19.9 Å². The van der Waals surface area contributed by atoms with Crippen molar-refractivity contribution in [2.75, 3.05) is 13.2 Å². The molecule has 1 amide bonds. The third-order valence-corrected chi connectivity index (χ3v) is 4.41. The van der Waals surface area contributed by atoms with Gasteiger partial charge in [-0.05, 0) is 31.4 Å². The molecular formula is C17H22ClNO5. The number of carbonyl (C=O) groups excluding carboxylic acids is 1. The average molecular weight is 356 g/mol. The number of carboxylic acid groups (broad SMARTS) is 1. The summed E-state index contributed by atoms with van der Waals surface area (Å²) < 4.78 is 11.0. The molecule has 1 heterocycles. The van der Waals surface area contributed by atoms with E-state index < -0.39 is 17.6 Å². The monoisotopic (exact) mass is 355 g/mol. The van der Waals surface area contributed by atoms with Crippen LogP contribution in [0.2, 0.25) is 5.02 Å². The van der Waals surface area contributed by atoms with E-state index >= 15 is 0 Å². The largest absolute Gasteiger partial charge is 0.481 e. The lowest BCUT2D eigenvalue weighted by Gasteiger charge is -2.37. The number of halogens is 1. The van der Waals surface area contributed by atoms with Crippen molar-refractivity contribution >= 4 is 23.5 Å². The minimum absolute atomic E-state index is 0.134. The molecule has 0 spiro atoms. The van der Waals surface area contributed by atoms with E-state index in [1.54, 1.807) is 24.3 Å². The fourth-order valence-corrected chi connectivity index (χ4v) is 2.94. The van der Waals surface area contributed by atoms with Gasteiger partial charge in [0.25, 0.3) is 5.91 Å². The van der Waals surface area contributed by atoms with Crippen LogP contribution in [0.3, 0.4) is 0 Å². The minimum Gasteiger partial charge on any atom is -0.481 e. The highest BCUT2D eigenvalue weighted by Crippen LogP contribution is 2.27. The molecule has 7 heteroatoms. The van der Waals surface area contributed by atoms with E-state index in [2.05, 4.69) is 5.32 Å². The van der Waals surface area contributed by atoms with Crippen LogP contribution in [0.1, 0.15) is 32.6 Å².